The average Bonchev–Trinajstić information content (AvgIpc) is 2.87. The summed E-state index contributed by atoms with van der Waals surface area (Å²) in [7, 11) is 0. The van der Waals surface area contributed by atoms with Gasteiger partial charge in [-0.15, -0.1) is 0 Å². The molecule has 0 spiro atoms. The highest BCUT2D eigenvalue weighted by Crippen LogP contribution is 2.22. The van der Waals surface area contributed by atoms with Gasteiger partial charge in [-0.1, -0.05) is 55.5 Å². The van der Waals surface area contributed by atoms with Crippen molar-refractivity contribution in [2.24, 2.45) is 0 Å². The van der Waals surface area contributed by atoms with Crippen LogP contribution < -0.4 is 10.6 Å². The quantitative estimate of drug-likeness (QED) is 0.719. The van der Waals surface area contributed by atoms with Gasteiger partial charge in [-0.05, 0) is 49.6 Å². The molecule has 1 aromatic rings. The van der Waals surface area contributed by atoms with Gasteiger partial charge in [-0.3, -0.25) is 4.79 Å². The Balaban J connectivity index is 1.97. The molecule has 122 valence electrons. The Hall–Kier alpha value is -2.13. The molecule has 0 heterocycles. The highest BCUT2D eigenvalue weighted by molar-refractivity contribution is 6.00. The smallest absolute Gasteiger partial charge is 0.251 e. The maximum absolute atomic E-state index is 12.5. The molecular formula is C20H26N2O. The summed E-state index contributed by atoms with van der Waals surface area (Å²) in [4.78, 5) is 12.5. The Bertz CT molecular complexity index is 599. The van der Waals surface area contributed by atoms with Crippen LogP contribution in [0.3, 0.4) is 0 Å². The van der Waals surface area contributed by atoms with E-state index in [1.54, 1.807) is 0 Å². The number of amides is 1. The summed E-state index contributed by atoms with van der Waals surface area (Å²) in [6, 6.07) is 7.81. The average molecular weight is 310 g/mol. The van der Waals surface area contributed by atoms with Crippen LogP contribution in [0, 0.1) is 0 Å². The Labute approximate surface area is 139 Å². The maximum Gasteiger partial charge on any atom is 0.251 e. The van der Waals surface area contributed by atoms with Gasteiger partial charge in [0, 0.05) is 12.1 Å². The Morgan fingerprint density at radius 3 is 2.87 bits per heavy atom. The molecule has 3 heteroatoms. The van der Waals surface area contributed by atoms with Crippen molar-refractivity contribution in [1.82, 2.24) is 10.6 Å². The fraction of sp³-hybridized carbons (Fsp3) is 0.350. The van der Waals surface area contributed by atoms with Crippen molar-refractivity contribution in [2.75, 3.05) is 19.6 Å². The van der Waals surface area contributed by atoms with Gasteiger partial charge in [0.25, 0.3) is 5.91 Å². The van der Waals surface area contributed by atoms with Crippen LogP contribution in [-0.4, -0.2) is 25.5 Å². The molecular weight excluding hydrogens is 284 g/mol. The first-order valence-corrected chi connectivity index (χ1v) is 8.44. The molecule has 0 saturated heterocycles. The molecule has 0 aromatic heterocycles. The number of benzene rings is 1. The SMILES string of the molecule is CCCNCCCNC(=O)c1ccccc1C1=CCC=CC=C1. The van der Waals surface area contributed by atoms with Crippen molar-refractivity contribution in [2.45, 2.75) is 26.2 Å². The van der Waals surface area contributed by atoms with Crippen LogP contribution in [0.1, 0.15) is 42.1 Å². The predicted octanol–water partition coefficient (Wildman–Crippen LogP) is 3.71. The minimum absolute atomic E-state index is 0.00241. The molecule has 1 aliphatic carbocycles. The van der Waals surface area contributed by atoms with Gasteiger partial charge in [0.15, 0.2) is 0 Å². The topological polar surface area (TPSA) is 41.1 Å². The summed E-state index contributed by atoms with van der Waals surface area (Å²) in [5, 5.41) is 6.37. The normalized spacial score (nSPS) is 13.5. The Kier molecular flexibility index (Phi) is 7.34. The number of nitrogens with one attached hydrogen (secondary N) is 2. The minimum Gasteiger partial charge on any atom is -0.352 e. The molecule has 0 radical (unpaired) electrons. The van der Waals surface area contributed by atoms with E-state index >= 15 is 0 Å². The van der Waals surface area contributed by atoms with Crippen molar-refractivity contribution in [3.8, 4) is 0 Å². The predicted molar refractivity (Wildman–Crippen MR) is 97.4 cm³/mol. The molecule has 0 saturated carbocycles. The molecule has 0 unspecified atom stereocenters. The van der Waals surface area contributed by atoms with Gasteiger partial charge < -0.3 is 10.6 Å². The van der Waals surface area contributed by atoms with E-state index in [9.17, 15) is 4.79 Å². The molecule has 0 bridgehead atoms. The zero-order valence-corrected chi connectivity index (χ0v) is 13.8. The standard InChI is InChI=1S/C20H26N2O/c1-2-14-21-15-9-16-22-20(23)19-13-8-7-12-18(19)17-10-5-3-4-6-11-17/h3-5,7-8,10-13,21H,2,6,9,14-16H2,1H3,(H,22,23). The lowest BCUT2D eigenvalue weighted by Gasteiger charge is -2.11. The third-order valence-electron chi connectivity index (χ3n) is 3.72. The molecule has 1 aromatic carbocycles. The third kappa shape index (κ3) is 5.53. The largest absolute Gasteiger partial charge is 0.352 e. The molecule has 3 nitrogen and oxygen atoms in total. The number of hydrogen-bond donors (Lipinski definition) is 2. The van der Waals surface area contributed by atoms with Crippen molar-refractivity contribution < 1.29 is 4.79 Å². The summed E-state index contributed by atoms with van der Waals surface area (Å²) >= 11 is 0. The lowest BCUT2D eigenvalue weighted by Crippen LogP contribution is -2.28. The first-order valence-electron chi connectivity index (χ1n) is 8.44. The molecule has 2 rings (SSSR count). The second-order valence-electron chi connectivity index (χ2n) is 5.59. The van der Waals surface area contributed by atoms with E-state index in [1.807, 2.05) is 36.4 Å². The van der Waals surface area contributed by atoms with E-state index in [-0.39, 0.29) is 5.91 Å². The van der Waals surface area contributed by atoms with Gasteiger partial charge in [-0.2, -0.15) is 0 Å². The summed E-state index contributed by atoms with van der Waals surface area (Å²) in [5.74, 6) is 0.00241. The van der Waals surface area contributed by atoms with Gasteiger partial charge in [0.2, 0.25) is 0 Å². The van der Waals surface area contributed by atoms with Crippen LogP contribution >= 0.6 is 0 Å². The van der Waals surface area contributed by atoms with E-state index in [2.05, 4.69) is 35.8 Å². The van der Waals surface area contributed by atoms with E-state index in [0.29, 0.717) is 6.54 Å². The van der Waals surface area contributed by atoms with Crippen LogP contribution in [0.2, 0.25) is 0 Å². The fourth-order valence-electron chi connectivity index (χ4n) is 2.52. The molecule has 0 fully saturated rings. The summed E-state index contributed by atoms with van der Waals surface area (Å²) < 4.78 is 0. The third-order valence-corrected chi connectivity index (χ3v) is 3.72. The van der Waals surface area contributed by atoms with Gasteiger partial charge in [0.1, 0.15) is 0 Å². The van der Waals surface area contributed by atoms with Crippen LogP contribution in [-0.2, 0) is 0 Å². The number of carbonyl (C=O) groups is 1. The number of allylic oxidation sites excluding steroid dienone is 6. The van der Waals surface area contributed by atoms with Crippen LogP contribution in [0.5, 0.6) is 0 Å². The lowest BCUT2D eigenvalue weighted by atomic mass is 9.98. The molecule has 2 N–H and O–H groups in total. The second-order valence-corrected chi connectivity index (χ2v) is 5.59. The van der Waals surface area contributed by atoms with Gasteiger partial charge in [-0.25, -0.2) is 0 Å². The molecule has 1 aliphatic rings. The van der Waals surface area contributed by atoms with Crippen molar-refractivity contribution in [3.05, 3.63) is 65.8 Å². The second kappa shape index (κ2) is 9.80. The van der Waals surface area contributed by atoms with E-state index in [1.165, 1.54) is 0 Å². The number of hydrogen-bond acceptors (Lipinski definition) is 2. The first kappa shape index (κ1) is 17.2. The van der Waals surface area contributed by atoms with Crippen molar-refractivity contribution >= 4 is 11.5 Å². The van der Waals surface area contributed by atoms with Gasteiger partial charge in [0.05, 0.1) is 0 Å². The van der Waals surface area contributed by atoms with Crippen molar-refractivity contribution in [1.29, 1.82) is 0 Å². The first-order chi connectivity index (χ1) is 11.3. The minimum atomic E-state index is 0.00241. The van der Waals surface area contributed by atoms with Crippen molar-refractivity contribution in [3.63, 3.8) is 0 Å². The zero-order valence-electron chi connectivity index (χ0n) is 13.8. The number of carbonyl (C=O) groups excluding carboxylic acids is 1. The highest BCUT2D eigenvalue weighted by Gasteiger charge is 2.12. The zero-order chi connectivity index (χ0) is 16.3. The molecule has 0 atom stereocenters. The molecule has 23 heavy (non-hydrogen) atoms. The van der Waals surface area contributed by atoms with E-state index < -0.39 is 0 Å². The highest BCUT2D eigenvalue weighted by atomic mass is 16.1. The fourth-order valence-corrected chi connectivity index (χ4v) is 2.52. The van der Waals surface area contributed by atoms with E-state index in [4.69, 9.17) is 0 Å². The van der Waals surface area contributed by atoms with Crippen LogP contribution in [0.25, 0.3) is 5.57 Å². The maximum atomic E-state index is 12.5. The monoisotopic (exact) mass is 310 g/mol. The van der Waals surface area contributed by atoms with Crippen LogP contribution in [0.15, 0.2) is 54.6 Å². The Morgan fingerprint density at radius 1 is 1.13 bits per heavy atom. The molecule has 0 aliphatic heterocycles. The molecule has 1 amide bonds. The van der Waals surface area contributed by atoms with Gasteiger partial charge >= 0.3 is 0 Å². The van der Waals surface area contributed by atoms with E-state index in [0.717, 1.165) is 49.1 Å². The summed E-state index contributed by atoms with van der Waals surface area (Å²) in [6.07, 6.45) is 13.3. The summed E-state index contributed by atoms with van der Waals surface area (Å²) in [5.41, 5.74) is 2.84. The lowest BCUT2D eigenvalue weighted by molar-refractivity contribution is 0.0953. The number of rotatable bonds is 8. The van der Waals surface area contributed by atoms with Crippen LogP contribution in [0.4, 0.5) is 0 Å². The summed E-state index contributed by atoms with van der Waals surface area (Å²) in [6.45, 7) is 4.82. The Morgan fingerprint density at radius 2 is 2.00 bits per heavy atom.